The zero-order valence-electron chi connectivity index (χ0n) is 13.2. The van der Waals surface area contributed by atoms with Crippen molar-refractivity contribution in [3.8, 4) is 0 Å². The third-order valence-corrected chi connectivity index (χ3v) is 5.00. The molecule has 20 heavy (non-hydrogen) atoms. The van der Waals surface area contributed by atoms with Crippen LogP contribution in [0.4, 0.5) is 0 Å². The van der Waals surface area contributed by atoms with Crippen molar-refractivity contribution >= 4 is 11.8 Å². The van der Waals surface area contributed by atoms with Gasteiger partial charge in [0.15, 0.2) is 0 Å². The van der Waals surface area contributed by atoms with Gasteiger partial charge in [-0.15, -0.1) is 0 Å². The van der Waals surface area contributed by atoms with Crippen LogP contribution in [-0.2, 0) is 9.59 Å². The van der Waals surface area contributed by atoms with Gasteiger partial charge in [-0.3, -0.25) is 9.59 Å². The molecule has 1 heterocycles. The fourth-order valence-corrected chi connectivity index (χ4v) is 3.55. The van der Waals surface area contributed by atoms with Crippen molar-refractivity contribution in [2.24, 2.45) is 11.8 Å². The Morgan fingerprint density at radius 2 is 1.90 bits per heavy atom. The Kier molecular flexibility index (Phi) is 4.40. The summed E-state index contributed by atoms with van der Waals surface area (Å²) in [6.45, 7) is 8.61. The van der Waals surface area contributed by atoms with Crippen LogP contribution in [-0.4, -0.2) is 34.8 Å². The Morgan fingerprint density at radius 3 is 2.40 bits per heavy atom. The van der Waals surface area contributed by atoms with E-state index in [0.29, 0.717) is 12.3 Å². The highest BCUT2D eigenvalue weighted by Gasteiger charge is 2.48. The zero-order valence-corrected chi connectivity index (χ0v) is 13.2. The molecule has 2 unspecified atom stereocenters. The van der Waals surface area contributed by atoms with Gasteiger partial charge in [-0.1, -0.05) is 33.6 Å². The molecule has 1 N–H and O–H groups in total. The summed E-state index contributed by atoms with van der Waals surface area (Å²) in [4.78, 5) is 27.2. The molecule has 2 rings (SSSR count). The number of piperazine rings is 1. The van der Waals surface area contributed by atoms with Gasteiger partial charge in [0.05, 0.1) is 0 Å². The van der Waals surface area contributed by atoms with Crippen molar-refractivity contribution in [3.05, 3.63) is 0 Å². The summed E-state index contributed by atoms with van der Waals surface area (Å²) in [5, 5.41) is 2.95. The molecule has 2 fully saturated rings. The van der Waals surface area contributed by atoms with Crippen LogP contribution in [0.5, 0.6) is 0 Å². The second kappa shape index (κ2) is 5.74. The summed E-state index contributed by atoms with van der Waals surface area (Å²) < 4.78 is 0. The quantitative estimate of drug-likeness (QED) is 0.859. The second-order valence-corrected chi connectivity index (χ2v) is 6.97. The van der Waals surface area contributed by atoms with Crippen molar-refractivity contribution in [1.82, 2.24) is 10.2 Å². The van der Waals surface area contributed by atoms with Gasteiger partial charge in [0.2, 0.25) is 11.8 Å². The lowest BCUT2D eigenvalue weighted by Gasteiger charge is -2.46. The first-order chi connectivity index (χ1) is 9.39. The van der Waals surface area contributed by atoms with E-state index < -0.39 is 5.54 Å². The molecule has 2 atom stereocenters. The van der Waals surface area contributed by atoms with E-state index in [1.807, 2.05) is 32.6 Å². The van der Waals surface area contributed by atoms with E-state index in [1.165, 1.54) is 25.7 Å². The lowest BCUT2D eigenvalue weighted by molar-refractivity contribution is -0.157. The average Bonchev–Trinajstić information content (AvgIpc) is 2.88. The molecule has 0 radical (unpaired) electrons. The maximum Gasteiger partial charge on any atom is 0.248 e. The van der Waals surface area contributed by atoms with Gasteiger partial charge in [-0.25, -0.2) is 0 Å². The highest BCUT2D eigenvalue weighted by molar-refractivity contribution is 5.99. The summed E-state index contributed by atoms with van der Waals surface area (Å²) >= 11 is 0. The fraction of sp³-hybridized carbons (Fsp3) is 0.875. The van der Waals surface area contributed by atoms with Crippen molar-refractivity contribution < 1.29 is 9.59 Å². The molecular formula is C16H28N2O2. The number of carbonyl (C=O) groups is 2. The number of rotatable bonds is 4. The van der Waals surface area contributed by atoms with Crippen LogP contribution in [0.2, 0.25) is 0 Å². The SMILES string of the molecule is CCC1(C)NC(=O)C(C(C)C)N(CC2CCCC2)C1=O. The first-order valence-corrected chi connectivity index (χ1v) is 8.02. The van der Waals surface area contributed by atoms with E-state index in [1.54, 1.807) is 0 Å². The standard InChI is InChI=1S/C16H28N2O2/c1-5-16(4)15(20)18(10-12-8-6-7-9-12)13(11(2)3)14(19)17-16/h11-13H,5-10H2,1-4H3,(H,17,19). The largest absolute Gasteiger partial charge is 0.340 e. The highest BCUT2D eigenvalue weighted by Crippen LogP contribution is 2.31. The van der Waals surface area contributed by atoms with E-state index in [-0.39, 0.29) is 23.8 Å². The number of hydrogen-bond donors (Lipinski definition) is 1. The Morgan fingerprint density at radius 1 is 1.30 bits per heavy atom. The first-order valence-electron chi connectivity index (χ1n) is 8.02. The molecule has 2 amide bonds. The monoisotopic (exact) mass is 280 g/mol. The number of amides is 2. The molecule has 1 saturated carbocycles. The molecule has 0 aromatic carbocycles. The molecule has 1 aliphatic carbocycles. The number of carbonyl (C=O) groups excluding carboxylic acids is 2. The van der Waals surface area contributed by atoms with Gasteiger partial charge >= 0.3 is 0 Å². The Labute approximate surface area is 122 Å². The maximum atomic E-state index is 12.8. The van der Waals surface area contributed by atoms with Gasteiger partial charge < -0.3 is 10.2 Å². The Balaban J connectivity index is 2.23. The maximum absolute atomic E-state index is 12.8. The minimum atomic E-state index is -0.721. The third kappa shape index (κ3) is 2.70. The van der Waals surface area contributed by atoms with Crippen LogP contribution in [0.25, 0.3) is 0 Å². The van der Waals surface area contributed by atoms with Crippen LogP contribution >= 0.6 is 0 Å². The molecule has 1 aliphatic heterocycles. The second-order valence-electron chi connectivity index (χ2n) is 6.97. The van der Waals surface area contributed by atoms with Crippen molar-refractivity contribution in [2.45, 2.75) is 71.4 Å². The fourth-order valence-electron chi connectivity index (χ4n) is 3.55. The smallest absolute Gasteiger partial charge is 0.248 e. The van der Waals surface area contributed by atoms with E-state index in [9.17, 15) is 9.59 Å². The van der Waals surface area contributed by atoms with Gasteiger partial charge in [-0.05, 0) is 38.0 Å². The van der Waals surface area contributed by atoms with E-state index in [0.717, 1.165) is 6.54 Å². The molecule has 2 aliphatic rings. The Bertz CT molecular complexity index is 388. The number of nitrogens with one attached hydrogen (secondary N) is 1. The normalized spacial score (nSPS) is 32.0. The zero-order chi connectivity index (χ0) is 14.9. The van der Waals surface area contributed by atoms with Gasteiger partial charge in [0, 0.05) is 6.54 Å². The molecule has 0 aromatic heterocycles. The minimum absolute atomic E-state index is 0.0157. The summed E-state index contributed by atoms with van der Waals surface area (Å²) in [5.74, 6) is 0.848. The van der Waals surface area contributed by atoms with Crippen LogP contribution in [0, 0.1) is 11.8 Å². The lowest BCUT2D eigenvalue weighted by atomic mass is 9.87. The number of hydrogen-bond acceptors (Lipinski definition) is 2. The van der Waals surface area contributed by atoms with Crippen LogP contribution < -0.4 is 5.32 Å². The summed E-state index contributed by atoms with van der Waals surface area (Å²) in [6.07, 6.45) is 5.55. The minimum Gasteiger partial charge on any atom is -0.340 e. The molecule has 4 nitrogen and oxygen atoms in total. The lowest BCUT2D eigenvalue weighted by Crippen LogP contribution is -2.70. The predicted molar refractivity (Wildman–Crippen MR) is 79.1 cm³/mol. The van der Waals surface area contributed by atoms with E-state index in [4.69, 9.17) is 0 Å². The van der Waals surface area contributed by atoms with Crippen molar-refractivity contribution in [3.63, 3.8) is 0 Å². The highest BCUT2D eigenvalue weighted by atomic mass is 16.2. The molecule has 0 aromatic rings. The molecule has 0 bridgehead atoms. The van der Waals surface area contributed by atoms with E-state index >= 15 is 0 Å². The number of nitrogens with zero attached hydrogens (tertiary/aromatic N) is 1. The summed E-state index contributed by atoms with van der Waals surface area (Å²) in [5.41, 5.74) is -0.721. The van der Waals surface area contributed by atoms with Gasteiger partial charge in [0.25, 0.3) is 0 Å². The van der Waals surface area contributed by atoms with Crippen LogP contribution in [0.3, 0.4) is 0 Å². The molecule has 0 spiro atoms. The molecule has 4 heteroatoms. The topological polar surface area (TPSA) is 49.4 Å². The molecule has 1 saturated heterocycles. The third-order valence-electron chi connectivity index (χ3n) is 5.00. The average molecular weight is 280 g/mol. The summed E-state index contributed by atoms with van der Waals surface area (Å²) in [6, 6.07) is -0.303. The van der Waals surface area contributed by atoms with Crippen LogP contribution in [0.15, 0.2) is 0 Å². The molecule has 114 valence electrons. The first kappa shape index (κ1) is 15.3. The van der Waals surface area contributed by atoms with Gasteiger partial charge in [0.1, 0.15) is 11.6 Å². The predicted octanol–water partition coefficient (Wildman–Crippen LogP) is 2.33. The van der Waals surface area contributed by atoms with E-state index in [2.05, 4.69) is 5.32 Å². The van der Waals surface area contributed by atoms with Crippen molar-refractivity contribution in [2.75, 3.05) is 6.54 Å². The molecular weight excluding hydrogens is 252 g/mol. The summed E-state index contributed by atoms with van der Waals surface area (Å²) in [7, 11) is 0. The van der Waals surface area contributed by atoms with Crippen molar-refractivity contribution in [1.29, 1.82) is 0 Å². The van der Waals surface area contributed by atoms with Gasteiger partial charge in [-0.2, -0.15) is 0 Å². The van der Waals surface area contributed by atoms with Crippen LogP contribution in [0.1, 0.15) is 59.8 Å². The Hall–Kier alpha value is -1.06.